The van der Waals surface area contributed by atoms with Crippen LogP contribution in [0.15, 0.2) is 22.6 Å². The fraction of sp³-hybridized carbons (Fsp3) is 0.333. The molecule has 0 unspecified atom stereocenters. The lowest BCUT2D eigenvalue weighted by atomic mass is 10.3. The second-order valence-electron chi connectivity index (χ2n) is 2.01. The molecular weight excluding hydrogens is 140 g/mol. The molecule has 0 aliphatic rings. The van der Waals surface area contributed by atoms with Gasteiger partial charge in [0.1, 0.15) is 0 Å². The van der Waals surface area contributed by atoms with Crippen molar-refractivity contribution in [2.45, 2.75) is 20.3 Å². The third-order valence-corrected chi connectivity index (χ3v) is 1.58. The number of rotatable bonds is 2. The van der Waals surface area contributed by atoms with E-state index < -0.39 is 0 Å². The second kappa shape index (κ2) is 5.20. The maximum atomic E-state index is 5.13. The van der Waals surface area contributed by atoms with Crippen molar-refractivity contribution in [3.8, 4) is 12.3 Å². The Labute approximate surface area is 68.4 Å². The Morgan fingerprint density at radius 1 is 1.60 bits per heavy atom. The molecule has 0 amide bonds. The van der Waals surface area contributed by atoms with E-state index in [1.165, 1.54) is 0 Å². The molecule has 54 valence electrons. The van der Waals surface area contributed by atoms with E-state index >= 15 is 0 Å². The number of allylic oxidation sites excluding steroid dienone is 4. The Hall–Kier alpha value is -0.610. The van der Waals surface area contributed by atoms with E-state index in [0.29, 0.717) is 0 Å². The zero-order chi connectivity index (χ0) is 7.98. The first-order valence-corrected chi connectivity index (χ1v) is 3.68. The normalized spacial score (nSPS) is 13.0. The summed E-state index contributed by atoms with van der Waals surface area (Å²) in [5.41, 5.74) is 0.931. The van der Waals surface area contributed by atoms with Crippen molar-refractivity contribution in [1.82, 2.24) is 0 Å². The lowest BCUT2D eigenvalue weighted by Crippen LogP contribution is -1.67. The number of terminal acetylenes is 1. The maximum Gasteiger partial charge on any atom is -0.00132 e. The highest BCUT2D eigenvalue weighted by Gasteiger charge is 1.81. The predicted molar refractivity (Wildman–Crippen MR) is 50.0 cm³/mol. The van der Waals surface area contributed by atoms with Gasteiger partial charge in [-0.15, -0.1) is 19.1 Å². The molecule has 1 heteroatoms. The van der Waals surface area contributed by atoms with Crippen molar-refractivity contribution >= 4 is 12.6 Å². The van der Waals surface area contributed by atoms with Crippen molar-refractivity contribution in [3.05, 3.63) is 22.6 Å². The average molecular weight is 152 g/mol. The van der Waals surface area contributed by atoms with E-state index in [0.717, 1.165) is 16.9 Å². The largest absolute Gasteiger partial charge is 0.148 e. The standard InChI is InChI=1S/C9H12S/c1-4-8(3)6-7-9(10)5-2/h1,6-7,10H,5H2,2-3H3/b8-6+,9-7-. The van der Waals surface area contributed by atoms with Crippen LogP contribution in [0.2, 0.25) is 0 Å². The van der Waals surface area contributed by atoms with Gasteiger partial charge >= 0.3 is 0 Å². The topological polar surface area (TPSA) is 0 Å². The van der Waals surface area contributed by atoms with Crippen LogP contribution >= 0.6 is 12.6 Å². The third-order valence-electron chi connectivity index (χ3n) is 1.12. The molecule has 0 saturated heterocycles. The van der Waals surface area contributed by atoms with E-state index in [9.17, 15) is 0 Å². The molecular formula is C9H12S. The first-order valence-electron chi connectivity index (χ1n) is 3.23. The molecule has 0 aromatic carbocycles. The Balaban J connectivity index is 4.07. The molecule has 0 saturated carbocycles. The molecule has 0 fully saturated rings. The summed E-state index contributed by atoms with van der Waals surface area (Å²) in [5, 5.41) is 0. The maximum absolute atomic E-state index is 5.13. The molecule has 10 heavy (non-hydrogen) atoms. The van der Waals surface area contributed by atoms with Crippen LogP contribution < -0.4 is 0 Å². The van der Waals surface area contributed by atoms with Crippen molar-refractivity contribution < 1.29 is 0 Å². The van der Waals surface area contributed by atoms with E-state index in [1.807, 2.05) is 19.1 Å². The van der Waals surface area contributed by atoms with Gasteiger partial charge in [-0.05, 0) is 23.8 Å². The first kappa shape index (κ1) is 9.39. The second-order valence-corrected chi connectivity index (χ2v) is 2.58. The van der Waals surface area contributed by atoms with E-state index in [2.05, 4.69) is 25.5 Å². The average Bonchev–Trinajstić information content (AvgIpc) is 1.99. The van der Waals surface area contributed by atoms with Gasteiger partial charge in [0, 0.05) is 0 Å². The predicted octanol–water partition coefficient (Wildman–Crippen LogP) is 2.79. The Morgan fingerprint density at radius 3 is 2.60 bits per heavy atom. The van der Waals surface area contributed by atoms with Gasteiger partial charge in [0.15, 0.2) is 0 Å². The van der Waals surface area contributed by atoms with Gasteiger partial charge in [-0.3, -0.25) is 0 Å². The number of thiol groups is 1. The Bertz CT molecular complexity index is 191. The van der Waals surface area contributed by atoms with Gasteiger partial charge in [-0.2, -0.15) is 0 Å². The summed E-state index contributed by atoms with van der Waals surface area (Å²) < 4.78 is 0. The molecule has 0 atom stereocenters. The van der Waals surface area contributed by atoms with Crippen molar-refractivity contribution in [2.75, 3.05) is 0 Å². The fourth-order valence-electron chi connectivity index (χ4n) is 0.387. The van der Waals surface area contributed by atoms with Crippen LogP contribution in [-0.4, -0.2) is 0 Å². The quantitative estimate of drug-likeness (QED) is 0.351. The lowest BCUT2D eigenvalue weighted by molar-refractivity contribution is 1.20. The van der Waals surface area contributed by atoms with Crippen LogP contribution in [0.3, 0.4) is 0 Å². The number of hydrogen-bond acceptors (Lipinski definition) is 1. The van der Waals surface area contributed by atoms with Gasteiger partial charge in [-0.25, -0.2) is 0 Å². The molecule has 0 spiro atoms. The summed E-state index contributed by atoms with van der Waals surface area (Å²) >= 11 is 4.19. The smallest absolute Gasteiger partial charge is 0.00132 e. The Kier molecular flexibility index (Phi) is 4.88. The van der Waals surface area contributed by atoms with Gasteiger partial charge in [0.05, 0.1) is 0 Å². The molecule has 0 heterocycles. The lowest BCUT2D eigenvalue weighted by Gasteiger charge is -1.88. The van der Waals surface area contributed by atoms with Gasteiger partial charge in [0.2, 0.25) is 0 Å². The minimum absolute atomic E-state index is 0.931. The zero-order valence-electron chi connectivity index (χ0n) is 6.39. The Morgan fingerprint density at radius 2 is 2.20 bits per heavy atom. The van der Waals surface area contributed by atoms with Crippen LogP contribution in [-0.2, 0) is 0 Å². The van der Waals surface area contributed by atoms with Crippen LogP contribution in [0.25, 0.3) is 0 Å². The van der Waals surface area contributed by atoms with Gasteiger partial charge < -0.3 is 0 Å². The molecule has 0 bridgehead atoms. The highest BCUT2D eigenvalue weighted by Crippen LogP contribution is 2.05. The highest BCUT2D eigenvalue weighted by molar-refractivity contribution is 7.84. The van der Waals surface area contributed by atoms with Crippen LogP contribution in [0, 0.1) is 12.3 Å². The fourth-order valence-corrected chi connectivity index (χ4v) is 0.462. The molecule has 0 aliphatic carbocycles. The summed E-state index contributed by atoms with van der Waals surface area (Å²) in [6.07, 6.45) is 9.91. The van der Waals surface area contributed by atoms with Crippen molar-refractivity contribution in [1.29, 1.82) is 0 Å². The molecule has 0 rings (SSSR count). The number of hydrogen-bond donors (Lipinski definition) is 1. The summed E-state index contributed by atoms with van der Waals surface area (Å²) in [4.78, 5) is 1.05. The minimum Gasteiger partial charge on any atom is -0.148 e. The van der Waals surface area contributed by atoms with Gasteiger partial charge in [0.25, 0.3) is 0 Å². The SMILES string of the molecule is C#C/C(C)=C/C=C(\S)CC. The van der Waals surface area contributed by atoms with E-state index in [4.69, 9.17) is 6.42 Å². The first-order chi connectivity index (χ1) is 4.70. The molecule has 0 aromatic heterocycles. The van der Waals surface area contributed by atoms with E-state index in [-0.39, 0.29) is 0 Å². The van der Waals surface area contributed by atoms with Crippen LogP contribution in [0.4, 0.5) is 0 Å². The minimum atomic E-state index is 0.931. The van der Waals surface area contributed by atoms with Crippen molar-refractivity contribution in [2.24, 2.45) is 0 Å². The summed E-state index contributed by atoms with van der Waals surface area (Å²) in [6.45, 7) is 3.95. The molecule has 0 radical (unpaired) electrons. The molecule has 0 N–H and O–H groups in total. The van der Waals surface area contributed by atoms with Crippen molar-refractivity contribution in [3.63, 3.8) is 0 Å². The van der Waals surface area contributed by atoms with Gasteiger partial charge in [-0.1, -0.05) is 25.0 Å². The molecule has 0 aliphatic heterocycles. The molecule has 0 aromatic rings. The van der Waals surface area contributed by atoms with Crippen LogP contribution in [0.1, 0.15) is 20.3 Å². The monoisotopic (exact) mass is 152 g/mol. The molecule has 0 nitrogen and oxygen atoms in total. The van der Waals surface area contributed by atoms with Crippen LogP contribution in [0.5, 0.6) is 0 Å². The third kappa shape index (κ3) is 4.29. The summed E-state index contributed by atoms with van der Waals surface area (Å²) in [6, 6.07) is 0. The van der Waals surface area contributed by atoms with E-state index in [1.54, 1.807) is 0 Å². The zero-order valence-corrected chi connectivity index (χ0v) is 7.28. The highest BCUT2D eigenvalue weighted by atomic mass is 32.1. The summed E-state index contributed by atoms with van der Waals surface area (Å²) in [7, 11) is 0. The summed E-state index contributed by atoms with van der Waals surface area (Å²) in [5.74, 6) is 2.53.